The summed E-state index contributed by atoms with van der Waals surface area (Å²) in [5.41, 5.74) is 0.755. The summed E-state index contributed by atoms with van der Waals surface area (Å²) in [6, 6.07) is 7.32. The van der Waals surface area contributed by atoms with E-state index in [2.05, 4.69) is 0 Å². The van der Waals surface area contributed by atoms with Crippen LogP contribution in [0.25, 0.3) is 0 Å². The molecule has 1 unspecified atom stereocenters. The quantitative estimate of drug-likeness (QED) is 0.867. The number of carbonyl (C=O) groups is 2. The van der Waals surface area contributed by atoms with E-state index in [-0.39, 0.29) is 6.42 Å². The number of amides is 1. The highest BCUT2D eigenvalue weighted by Crippen LogP contribution is 2.30. The zero-order valence-corrected chi connectivity index (χ0v) is 11.3. The lowest BCUT2D eigenvalue weighted by Gasteiger charge is -2.24. The molecule has 21 heavy (non-hydrogen) atoms. The molecular weight excluding hydrogens is 284 g/mol. The Kier molecular flexibility index (Phi) is 4.11. The standard InChI is InChI=1S/C14H15F2NO4/c1-14(15,16)8-10-12(18)21-11(17(10)13(19)20)7-9-5-3-2-4-6-9/h2-6,10-11H,7-8H2,1H3,(H,19,20)/t10?,11-/m0/s1. The molecule has 0 bridgehead atoms. The van der Waals surface area contributed by atoms with E-state index in [9.17, 15) is 23.5 Å². The van der Waals surface area contributed by atoms with Crippen molar-refractivity contribution in [3.8, 4) is 0 Å². The number of hydrogen-bond donors (Lipinski definition) is 1. The first-order valence-corrected chi connectivity index (χ1v) is 6.41. The Labute approximate surface area is 120 Å². The Hall–Kier alpha value is -2.18. The summed E-state index contributed by atoms with van der Waals surface area (Å²) in [5.74, 6) is -4.08. The van der Waals surface area contributed by atoms with E-state index in [1.807, 2.05) is 0 Å². The normalized spacial score (nSPS) is 22.2. The van der Waals surface area contributed by atoms with Gasteiger partial charge in [0, 0.05) is 12.8 Å². The summed E-state index contributed by atoms with van der Waals surface area (Å²) in [6.07, 6.45) is -3.28. The molecule has 5 nitrogen and oxygen atoms in total. The molecule has 7 heteroatoms. The average Bonchev–Trinajstić information content (AvgIpc) is 2.65. The highest BCUT2D eigenvalue weighted by molar-refractivity contribution is 5.84. The molecule has 1 N–H and O–H groups in total. The van der Waals surface area contributed by atoms with Gasteiger partial charge in [0.15, 0.2) is 6.23 Å². The maximum atomic E-state index is 13.1. The summed E-state index contributed by atoms with van der Waals surface area (Å²) in [4.78, 5) is 23.7. The summed E-state index contributed by atoms with van der Waals surface area (Å²) in [6.45, 7) is 0.644. The van der Waals surface area contributed by atoms with Crippen LogP contribution in [0.2, 0.25) is 0 Å². The average molecular weight is 299 g/mol. The first-order chi connectivity index (χ1) is 9.78. The van der Waals surface area contributed by atoms with Gasteiger partial charge in [0.2, 0.25) is 5.92 Å². The van der Waals surface area contributed by atoms with Crippen molar-refractivity contribution in [2.45, 2.75) is 38.0 Å². The fourth-order valence-electron chi connectivity index (χ4n) is 2.32. The van der Waals surface area contributed by atoms with Crippen molar-refractivity contribution in [2.75, 3.05) is 0 Å². The van der Waals surface area contributed by atoms with Gasteiger partial charge in [-0.15, -0.1) is 0 Å². The van der Waals surface area contributed by atoms with Crippen molar-refractivity contribution < 1.29 is 28.2 Å². The predicted molar refractivity (Wildman–Crippen MR) is 68.9 cm³/mol. The number of hydrogen-bond acceptors (Lipinski definition) is 3. The highest BCUT2D eigenvalue weighted by Gasteiger charge is 2.48. The molecule has 1 fully saturated rings. The van der Waals surface area contributed by atoms with Gasteiger partial charge in [-0.05, 0) is 12.5 Å². The Morgan fingerprint density at radius 1 is 1.38 bits per heavy atom. The van der Waals surface area contributed by atoms with Gasteiger partial charge in [0.25, 0.3) is 0 Å². The van der Waals surface area contributed by atoms with Crippen molar-refractivity contribution >= 4 is 12.1 Å². The number of carbonyl (C=O) groups excluding carboxylic acids is 1. The number of benzene rings is 1. The fourth-order valence-corrected chi connectivity index (χ4v) is 2.32. The number of esters is 1. The number of rotatable bonds is 4. The van der Waals surface area contributed by atoms with Crippen molar-refractivity contribution in [2.24, 2.45) is 0 Å². The maximum Gasteiger partial charge on any atom is 0.410 e. The van der Waals surface area contributed by atoms with Crippen LogP contribution in [0.5, 0.6) is 0 Å². The van der Waals surface area contributed by atoms with Crippen LogP contribution in [-0.2, 0) is 16.0 Å². The summed E-state index contributed by atoms with van der Waals surface area (Å²) in [5, 5.41) is 9.20. The van der Waals surface area contributed by atoms with Gasteiger partial charge in [-0.3, -0.25) is 4.90 Å². The number of ether oxygens (including phenoxy) is 1. The molecule has 0 aromatic heterocycles. The van der Waals surface area contributed by atoms with Gasteiger partial charge in [-0.2, -0.15) is 0 Å². The zero-order chi connectivity index (χ0) is 15.6. The second kappa shape index (κ2) is 5.67. The Morgan fingerprint density at radius 2 is 2.00 bits per heavy atom. The molecule has 114 valence electrons. The van der Waals surface area contributed by atoms with Crippen molar-refractivity contribution in [3.63, 3.8) is 0 Å². The predicted octanol–water partition coefficient (Wildman–Crippen LogP) is 2.51. The molecule has 2 rings (SSSR count). The summed E-state index contributed by atoms with van der Waals surface area (Å²) < 4.78 is 31.2. The molecular formula is C14H15F2NO4. The minimum absolute atomic E-state index is 0.130. The van der Waals surface area contributed by atoms with Crippen molar-refractivity contribution in [1.82, 2.24) is 4.90 Å². The number of cyclic esters (lactones) is 1. The highest BCUT2D eigenvalue weighted by atomic mass is 19.3. The SMILES string of the molecule is CC(F)(F)CC1C(=O)O[C@@H](Cc2ccccc2)N1C(=O)O. The fraction of sp³-hybridized carbons (Fsp3) is 0.429. The van der Waals surface area contributed by atoms with Crippen LogP contribution in [0.1, 0.15) is 18.9 Å². The van der Waals surface area contributed by atoms with Crippen LogP contribution in [-0.4, -0.2) is 40.3 Å². The molecule has 2 atom stereocenters. The van der Waals surface area contributed by atoms with Gasteiger partial charge in [0.1, 0.15) is 6.04 Å². The zero-order valence-electron chi connectivity index (χ0n) is 11.3. The molecule has 1 heterocycles. The van der Waals surface area contributed by atoms with Crippen LogP contribution >= 0.6 is 0 Å². The van der Waals surface area contributed by atoms with Crippen LogP contribution < -0.4 is 0 Å². The number of nitrogens with zero attached hydrogens (tertiary/aromatic N) is 1. The Bertz CT molecular complexity index is 530. The van der Waals surface area contributed by atoms with E-state index in [1.165, 1.54) is 0 Å². The third-order valence-corrected chi connectivity index (χ3v) is 3.20. The minimum atomic E-state index is -3.15. The van der Waals surface area contributed by atoms with Crippen LogP contribution in [0.3, 0.4) is 0 Å². The Morgan fingerprint density at radius 3 is 2.52 bits per heavy atom. The van der Waals surface area contributed by atoms with Gasteiger partial charge in [-0.1, -0.05) is 30.3 Å². The maximum absolute atomic E-state index is 13.1. The van der Waals surface area contributed by atoms with E-state index in [0.29, 0.717) is 11.8 Å². The van der Waals surface area contributed by atoms with Crippen molar-refractivity contribution in [3.05, 3.63) is 35.9 Å². The summed E-state index contributed by atoms with van der Waals surface area (Å²) >= 11 is 0. The molecule has 1 aromatic carbocycles. The van der Waals surface area contributed by atoms with Gasteiger partial charge >= 0.3 is 12.1 Å². The number of carboxylic acid groups (broad SMARTS) is 1. The third-order valence-electron chi connectivity index (χ3n) is 3.20. The van der Waals surface area contributed by atoms with Crippen LogP contribution in [0, 0.1) is 0 Å². The molecule has 1 aromatic rings. The monoisotopic (exact) mass is 299 g/mol. The first kappa shape index (κ1) is 15.2. The lowest BCUT2D eigenvalue weighted by atomic mass is 10.1. The third kappa shape index (κ3) is 3.68. The first-order valence-electron chi connectivity index (χ1n) is 6.41. The van der Waals surface area contributed by atoms with Gasteiger partial charge < -0.3 is 9.84 Å². The molecule has 0 spiro atoms. The number of halogens is 2. The topological polar surface area (TPSA) is 66.8 Å². The van der Waals surface area contributed by atoms with E-state index < -0.39 is 36.7 Å². The molecule has 1 aliphatic heterocycles. The molecule has 1 amide bonds. The number of alkyl halides is 2. The van der Waals surface area contributed by atoms with E-state index >= 15 is 0 Å². The largest absolute Gasteiger partial charge is 0.465 e. The van der Waals surface area contributed by atoms with Crippen LogP contribution in [0.15, 0.2) is 30.3 Å². The van der Waals surface area contributed by atoms with E-state index in [0.717, 1.165) is 5.56 Å². The molecule has 0 aliphatic carbocycles. The van der Waals surface area contributed by atoms with E-state index in [1.54, 1.807) is 30.3 Å². The van der Waals surface area contributed by atoms with Gasteiger partial charge in [0.05, 0.1) is 0 Å². The lowest BCUT2D eigenvalue weighted by molar-refractivity contribution is -0.143. The molecule has 1 saturated heterocycles. The Balaban J connectivity index is 2.19. The second-order valence-corrected chi connectivity index (χ2v) is 5.06. The molecule has 0 saturated carbocycles. The van der Waals surface area contributed by atoms with E-state index in [4.69, 9.17) is 4.74 Å². The second-order valence-electron chi connectivity index (χ2n) is 5.06. The molecule has 0 radical (unpaired) electrons. The van der Waals surface area contributed by atoms with Gasteiger partial charge in [-0.25, -0.2) is 18.4 Å². The van der Waals surface area contributed by atoms with Crippen LogP contribution in [0.4, 0.5) is 13.6 Å². The lowest BCUT2D eigenvalue weighted by Crippen LogP contribution is -2.44. The van der Waals surface area contributed by atoms with Crippen molar-refractivity contribution in [1.29, 1.82) is 0 Å². The molecule has 1 aliphatic rings. The minimum Gasteiger partial charge on any atom is -0.465 e. The summed E-state index contributed by atoms with van der Waals surface area (Å²) in [7, 11) is 0. The smallest absolute Gasteiger partial charge is 0.410 e.